The molecule has 0 rings (SSSR count). The Balaban J connectivity index is 3.77. The lowest BCUT2D eigenvalue weighted by molar-refractivity contribution is -0.166. The molecule has 5 nitrogen and oxygen atoms in total. The summed E-state index contributed by atoms with van der Waals surface area (Å²) >= 11 is 0. The largest absolute Gasteiger partial charge is 0.457 e. The first-order valence-corrected chi connectivity index (χ1v) is 3.93. The number of Topliss-reactive ketones (excluding diaryl/α,β-unsaturated/α-hetero) is 1. The third-order valence-electron chi connectivity index (χ3n) is 1.10. The molecule has 0 heterocycles. The van der Waals surface area contributed by atoms with Crippen molar-refractivity contribution in [1.29, 1.82) is 0 Å². The van der Waals surface area contributed by atoms with Crippen molar-refractivity contribution in [3.8, 4) is 0 Å². The van der Waals surface area contributed by atoms with E-state index in [0.717, 1.165) is 6.92 Å². The second kappa shape index (κ2) is 5.38. The topological polar surface area (TPSA) is 69.7 Å². The van der Waals surface area contributed by atoms with Crippen LogP contribution in [-0.2, 0) is 23.9 Å². The summed E-state index contributed by atoms with van der Waals surface area (Å²) in [6, 6.07) is 0. The molecule has 0 aromatic rings. The minimum atomic E-state index is -3.14. The molecule has 0 aliphatic carbocycles. The van der Waals surface area contributed by atoms with Crippen molar-refractivity contribution in [2.24, 2.45) is 0 Å². The van der Waals surface area contributed by atoms with E-state index in [0.29, 0.717) is 6.92 Å². The summed E-state index contributed by atoms with van der Waals surface area (Å²) in [5.74, 6) is -6.37. The molecule has 0 aliphatic heterocycles. The van der Waals surface area contributed by atoms with Crippen LogP contribution in [0.5, 0.6) is 0 Å². The van der Waals surface area contributed by atoms with E-state index in [9.17, 15) is 23.2 Å². The van der Waals surface area contributed by atoms with E-state index < -0.39 is 36.9 Å². The highest BCUT2D eigenvalue weighted by atomic mass is 19.3. The maximum Gasteiger partial charge on any atom is 0.374 e. The Hall–Kier alpha value is -1.53. The molecule has 7 heteroatoms. The summed E-state index contributed by atoms with van der Waals surface area (Å²) in [7, 11) is 0. The lowest BCUT2D eigenvalue weighted by atomic mass is 10.4. The van der Waals surface area contributed by atoms with E-state index in [4.69, 9.17) is 0 Å². The highest BCUT2D eigenvalue weighted by Gasteiger charge is 2.24. The average molecular weight is 224 g/mol. The third-order valence-corrected chi connectivity index (χ3v) is 1.10. The molecular formula is C8H10F2O5. The van der Waals surface area contributed by atoms with Crippen LogP contribution in [0.2, 0.25) is 0 Å². The fourth-order valence-corrected chi connectivity index (χ4v) is 0.475. The lowest BCUT2D eigenvalue weighted by Gasteiger charge is -2.10. The van der Waals surface area contributed by atoms with Crippen LogP contribution >= 0.6 is 0 Å². The van der Waals surface area contributed by atoms with Crippen LogP contribution in [0, 0.1) is 0 Å². The minimum absolute atomic E-state index is 0.571. The molecule has 0 saturated carbocycles. The number of rotatable bonds is 5. The van der Waals surface area contributed by atoms with Crippen molar-refractivity contribution in [3.63, 3.8) is 0 Å². The fraction of sp³-hybridized carbons (Fsp3) is 0.625. The molecule has 0 fully saturated rings. The molecule has 0 amide bonds. The zero-order valence-corrected chi connectivity index (χ0v) is 8.21. The molecule has 0 saturated heterocycles. The molecule has 86 valence electrons. The molecule has 0 aromatic heterocycles. The predicted molar refractivity (Wildman–Crippen MR) is 43.2 cm³/mol. The zero-order valence-electron chi connectivity index (χ0n) is 8.21. The van der Waals surface area contributed by atoms with Crippen molar-refractivity contribution in [1.82, 2.24) is 0 Å². The smallest absolute Gasteiger partial charge is 0.374 e. The van der Waals surface area contributed by atoms with Gasteiger partial charge in [0.15, 0.2) is 13.2 Å². The number of halogens is 2. The van der Waals surface area contributed by atoms with E-state index in [2.05, 4.69) is 9.47 Å². The first-order chi connectivity index (χ1) is 6.72. The van der Waals surface area contributed by atoms with Crippen molar-refractivity contribution in [3.05, 3.63) is 0 Å². The Bertz CT molecular complexity index is 269. The molecule has 0 atom stereocenters. The molecule has 15 heavy (non-hydrogen) atoms. The van der Waals surface area contributed by atoms with Gasteiger partial charge in [-0.1, -0.05) is 0 Å². The van der Waals surface area contributed by atoms with Gasteiger partial charge in [0.05, 0.1) is 0 Å². The van der Waals surface area contributed by atoms with Gasteiger partial charge in [0.25, 0.3) is 5.92 Å². The number of carbonyl (C=O) groups excluding carboxylic acids is 3. The number of hydrogen-bond donors (Lipinski definition) is 0. The summed E-state index contributed by atoms with van der Waals surface area (Å²) < 4.78 is 32.5. The second-order valence-corrected chi connectivity index (χ2v) is 2.86. The van der Waals surface area contributed by atoms with E-state index in [1.54, 1.807) is 0 Å². The summed E-state index contributed by atoms with van der Waals surface area (Å²) in [5, 5.41) is 0. The molecule has 0 unspecified atom stereocenters. The number of ether oxygens (including phenoxy) is 2. The predicted octanol–water partition coefficient (Wildman–Crippen LogP) is 0.317. The van der Waals surface area contributed by atoms with Crippen LogP contribution in [0.1, 0.15) is 13.8 Å². The molecule has 0 aliphatic rings. The summed E-state index contributed by atoms with van der Waals surface area (Å²) in [5.41, 5.74) is 0. The Morgan fingerprint density at radius 3 is 2.13 bits per heavy atom. The van der Waals surface area contributed by atoms with Gasteiger partial charge in [0, 0.05) is 13.8 Å². The lowest BCUT2D eigenvalue weighted by Crippen LogP contribution is -2.25. The number of hydrogen-bond acceptors (Lipinski definition) is 5. The van der Waals surface area contributed by atoms with Gasteiger partial charge in [0.1, 0.15) is 0 Å². The molecule has 0 bridgehead atoms. The zero-order chi connectivity index (χ0) is 12.1. The highest BCUT2D eigenvalue weighted by Crippen LogP contribution is 2.11. The van der Waals surface area contributed by atoms with Crippen LogP contribution in [0.15, 0.2) is 0 Å². The second-order valence-electron chi connectivity index (χ2n) is 2.86. The van der Waals surface area contributed by atoms with E-state index in [1.165, 1.54) is 0 Å². The van der Waals surface area contributed by atoms with Crippen molar-refractivity contribution < 1.29 is 32.6 Å². The highest BCUT2D eigenvalue weighted by molar-refractivity contribution is 6.32. The van der Waals surface area contributed by atoms with E-state index in [1.807, 2.05) is 0 Å². The number of carbonyl (C=O) groups is 3. The van der Waals surface area contributed by atoms with Crippen LogP contribution in [0.25, 0.3) is 0 Å². The first-order valence-electron chi connectivity index (χ1n) is 3.93. The minimum Gasteiger partial charge on any atom is -0.457 e. The van der Waals surface area contributed by atoms with E-state index >= 15 is 0 Å². The Kier molecular flexibility index (Phi) is 4.83. The van der Waals surface area contributed by atoms with E-state index in [-0.39, 0.29) is 0 Å². The Morgan fingerprint density at radius 1 is 1.20 bits per heavy atom. The van der Waals surface area contributed by atoms with Crippen LogP contribution in [0.4, 0.5) is 8.78 Å². The van der Waals surface area contributed by atoms with Gasteiger partial charge in [-0.2, -0.15) is 0 Å². The molecule has 0 N–H and O–H groups in total. The third kappa shape index (κ3) is 7.53. The van der Waals surface area contributed by atoms with Crippen molar-refractivity contribution in [2.45, 2.75) is 19.8 Å². The quantitative estimate of drug-likeness (QED) is 0.496. The van der Waals surface area contributed by atoms with Gasteiger partial charge in [-0.05, 0) is 0 Å². The maximum atomic E-state index is 12.2. The molecule has 0 spiro atoms. The summed E-state index contributed by atoms with van der Waals surface area (Å²) in [6.07, 6.45) is 0. The van der Waals surface area contributed by atoms with Gasteiger partial charge < -0.3 is 9.47 Å². The molecule has 0 radical (unpaired) electrons. The SMILES string of the molecule is CC(=O)C(=O)OCC(=O)OCC(C)(F)F. The standard InChI is InChI=1S/C8H10F2O5/c1-5(11)7(13)14-3-6(12)15-4-8(2,9)10/h3-4H2,1-2H3. The number of ketones is 1. The van der Waals surface area contributed by atoms with Crippen molar-refractivity contribution >= 4 is 17.7 Å². The molecular weight excluding hydrogens is 214 g/mol. The van der Waals surface area contributed by atoms with Gasteiger partial charge >= 0.3 is 11.9 Å². The van der Waals surface area contributed by atoms with Crippen molar-refractivity contribution in [2.75, 3.05) is 13.2 Å². The Labute approximate surface area is 84.3 Å². The summed E-state index contributed by atoms with van der Waals surface area (Å²) in [4.78, 5) is 31.5. The normalized spacial score (nSPS) is 10.7. The van der Waals surface area contributed by atoms with Gasteiger partial charge in [-0.15, -0.1) is 0 Å². The summed E-state index contributed by atoms with van der Waals surface area (Å²) in [6.45, 7) is -0.423. The monoisotopic (exact) mass is 224 g/mol. The van der Waals surface area contributed by atoms with Gasteiger partial charge in [-0.25, -0.2) is 18.4 Å². The number of esters is 2. The number of alkyl halides is 2. The van der Waals surface area contributed by atoms with Crippen LogP contribution < -0.4 is 0 Å². The van der Waals surface area contributed by atoms with Gasteiger partial charge in [-0.3, -0.25) is 4.79 Å². The molecule has 0 aromatic carbocycles. The van der Waals surface area contributed by atoms with Gasteiger partial charge in [0.2, 0.25) is 5.78 Å². The average Bonchev–Trinajstić information content (AvgIpc) is 2.09. The first kappa shape index (κ1) is 13.5. The van der Waals surface area contributed by atoms with Crippen LogP contribution in [0.3, 0.4) is 0 Å². The fourth-order valence-electron chi connectivity index (χ4n) is 0.475. The maximum absolute atomic E-state index is 12.2. The Morgan fingerprint density at radius 2 is 1.73 bits per heavy atom. The van der Waals surface area contributed by atoms with Crippen LogP contribution in [-0.4, -0.2) is 36.9 Å².